The second kappa shape index (κ2) is 13.0. The highest BCUT2D eigenvalue weighted by molar-refractivity contribution is 14.0. The molecule has 2 aromatic carbocycles. The Kier molecular flexibility index (Phi) is 11.0. The summed E-state index contributed by atoms with van der Waals surface area (Å²) >= 11 is 0. The Morgan fingerprint density at radius 1 is 1.11 bits per heavy atom. The molecule has 2 aromatic rings. The Morgan fingerprint density at radius 3 is 2.50 bits per heavy atom. The Morgan fingerprint density at radius 2 is 1.86 bits per heavy atom. The van der Waals surface area contributed by atoms with Crippen molar-refractivity contribution >= 4 is 35.8 Å². The van der Waals surface area contributed by atoms with Crippen LogP contribution in [-0.4, -0.2) is 31.6 Å². The molecule has 7 heteroatoms. The number of carbonyl (C=O) groups excluding carboxylic acids is 1. The first-order valence-electron chi connectivity index (χ1n) is 9.14. The third-order valence-electron chi connectivity index (χ3n) is 3.86. The highest BCUT2D eigenvalue weighted by Crippen LogP contribution is 2.12. The molecule has 0 fully saturated rings. The lowest BCUT2D eigenvalue weighted by Gasteiger charge is -2.12. The third kappa shape index (κ3) is 9.07. The Balaban J connectivity index is 0.00000392. The van der Waals surface area contributed by atoms with Crippen LogP contribution in [0.25, 0.3) is 0 Å². The largest absolute Gasteiger partial charge is 0.484 e. The van der Waals surface area contributed by atoms with Crippen LogP contribution in [0, 0.1) is 6.92 Å². The molecule has 0 atom stereocenters. The van der Waals surface area contributed by atoms with E-state index in [-0.39, 0.29) is 30.6 Å². The number of carbonyl (C=O) groups is 1. The Hall–Kier alpha value is -2.29. The summed E-state index contributed by atoms with van der Waals surface area (Å²) in [7, 11) is 0. The van der Waals surface area contributed by atoms with Crippen molar-refractivity contribution in [1.29, 1.82) is 0 Å². The molecule has 28 heavy (non-hydrogen) atoms. The van der Waals surface area contributed by atoms with Crippen molar-refractivity contribution in [2.45, 2.75) is 26.8 Å². The number of benzene rings is 2. The monoisotopic (exact) mass is 496 g/mol. The molecule has 0 bridgehead atoms. The van der Waals surface area contributed by atoms with E-state index in [4.69, 9.17) is 10.5 Å². The SMILES string of the molecule is CCNC(=NCc1cccc(C)c1)NCCc1ccc(OCC(N)=O)cc1.I. The lowest BCUT2D eigenvalue weighted by Crippen LogP contribution is -2.38. The minimum Gasteiger partial charge on any atom is -0.484 e. The molecule has 0 saturated carbocycles. The number of hydrogen-bond acceptors (Lipinski definition) is 3. The van der Waals surface area contributed by atoms with E-state index in [0.29, 0.717) is 12.3 Å². The molecule has 0 aliphatic carbocycles. The van der Waals surface area contributed by atoms with Crippen LogP contribution in [0.2, 0.25) is 0 Å². The Labute approximate surface area is 184 Å². The summed E-state index contributed by atoms with van der Waals surface area (Å²) in [5.74, 6) is 0.961. The summed E-state index contributed by atoms with van der Waals surface area (Å²) in [5.41, 5.74) is 8.67. The van der Waals surface area contributed by atoms with Crippen LogP contribution < -0.4 is 21.1 Å². The van der Waals surface area contributed by atoms with Gasteiger partial charge in [0.05, 0.1) is 6.54 Å². The fourth-order valence-electron chi connectivity index (χ4n) is 2.55. The minimum absolute atomic E-state index is 0. The zero-order valence-corrected chi connectivity index (χ0v) is 18.7. The molecule has 0 aliphatic heterocycles. The summed E-state index contributed by atoms with van der Waals surface area (Å²) in [6.07, 6.45) is 0.852. The van der Waals surface area contributed by atoms with Gasteiger partial charge in [-0.1, -0.05) is 42.0 Å². The lowest BCUT2D eigenvalue weighted by atomic mass is 10.1. The van der Waals surface area contributed by atoms with Crippen molar-refractivity contribution in [1.82, 2.24) is 10.6 Å². The van der Waals surface area contributed by atoms with Crippen molar-refractivity contribution in [3.8, 4) is 5.75 Å². The average molecular weight is 496 g/mol. The predicted octanol–water partition coefficient (Wildman–Crippen LogP) is 2.77. The van der Waals surface area contributed by atoms with E-state index in [9.17, 15) is 4.79 Å². The number of amides is 1. The molecule has 0 radical (unpaired) electrons. The van der Waals surface area contributed by atoms with E-state index in [2.05, 4.69) is 53.7 Å². The van der Waals surface area contributed by atoms with Crippen LogP contribution in [-0.2, 0) is 17.8 Å². The topological polar surface area (TPSA) is 88.7 Å². The van der Waals surface area contributed by atoms with Gasteiger partial charge in [-0.15, -0.1) is 24.0 Å². The summed E-state index contributed by atoms with van der Waals surface area (Å²) in [6.45, 7) is 6.25. The summed E-state index contributed by atoms with van der Waals surface area (Å²) < 4.78 is 5.26. The zero-order chi connectivity index (χ0) is 19.5. The van der Waals surface area contributed by atoms with Crippen LogP contribution in [0.1, 0.15) is 23.6 Å². The molecule has 0 aromatic heterocycles. The molecule has 0 spiro atoms. The molecular weight excluding hydrogens is 467 g/mol. The van der Waals surface area contributed by atoms with Crippen molar-refractivity contribution in [3.05, 3.63) is 65.2 Å². The minimum atomic E-state index is -0.482. The maximum Gasteiger partial charge on any atom is 0.255 e. The van der Waals surface area contributed by atoms with Gasteiger partial charge >= 0.3 is 0 Å². The number of hydrogen-bond donors (Lipinski definition) is 3. The molecule has 1 amide bonds. The number of primary amides is 1. The maximum atomic E-state index is 10.7. The number of aryl methyl sites for hydroxylation is 1. The third-order valence-corrected chi connectivity index (χ3v) is 3.86. The normalized spacial score (nSPS) is 10.7. The van der Waals surface area contributed by atoms with Gasteiger partial charge in [0.2, 0.25) is 0 Å². The smallest absolute Gasteiger partial charge is 0.255 e. The maximum absolute atomic E-state index is 10.7. The molecule has 152 valence electrons. The number of nitrogens with one attached hydrogen (secondary N) is 2. The van der Waals surface area contributed by atoms with Gasteiger partial charge in [0.25, 0.3) is 5.91 Å². The Bertz CT molecular complexity index is 763. The van der Waals surface area contributed by atoms with Crippen LogP contribution in [0.3, 0.4) is 0 Å². The highest BCUT2D eigenvalue weighted by atomic mass is 127. The van der Waals surface area contributed by atoms with Crippen molar-refractivity contribution in [2.24, 2.45) is 10.7 Å². The van der Waals surface area contributed by atoms with Crippen LogP contribution in [0.15, 0.2) is 53.5 Å². The van der Waals surface area contributed by atoms with Gasteiger partial charge in [0, 0.05) is 13.1 Å². The van der Waals surface area contributed by atoms with Gasteiger partial charge in [0.15, 0.2) is 12.6 Å². The zero-order valence-electron chi connectivity index (χ0n) is 16.4. The van der Waals surface area contributed by atoms with Gasteiger partial charge in [-0.3, -0.25) is 4.79 Å². The first kappa shape index (κ1) is 23.7. The quantitative estimate of drug-likeness (QED) is 0.283. The summed E-state index contributed by atoms with van der Waals surface area (Å²) in [6, 6.07) is 16.0. The summed E-state index contributed by atoms with van der Waals surface area (Å²) in [4.78, 5) is 15.4. The number of aliphatic imine (C=N–C) groups is 1. The molecular formula is C21H29IN4O2. The fourth-order valence-corrected chi connectivity index (χ4v) is 2.55. The van der Waals surface area contributed by atoms with Gasteiger partial charge in [0.1, 0.15) is 5.75 Å². The van der Waals surface area contributed by atoms with E-state index in [1.165, 1.54) is 16.7 Å². The second-order valence-corrected chi connectivity index (χ2v) is 6.26. The van der Waals surface area contributed by atoms with Gasteiger partial charge < -0.3 is 21.1 Å². The van der Waals surface area contributed by atoms with E-state index in [0.717, 1.165) is 25.5 Å². The number of ether oxygens (including phenoxy) is 1. The molecule has 0 heterocycles. The molecule has 0 aliphatic rings. The van der Waals surface area contributed by atoms with Gasteiger partial charge in [-0.2, -0.15) is 0 Å². The number of rotatable bonds is 9. The van der Waals surface area contributed by atoms with E-state index in [1.807, 2.05) is 24.3 Å². The summed E-state index contributed by atoms with van der Waals surface area (Å²) in [5, 5.41) is 6.62. The fraction of sp³-hybridized carbons (Fsp3) is 0.333. The molecule has 0 saturated heterocycles. The number of guanidine groups is 1. The van der Waals surface area contributed by atoms with Gasteiger partial charge in [-0.25, -0.2) is 4.99 Å². The number of halogens is 1. The van der Waals surface area contributed by atoms with Crippen molar-refractivity contribution in [3.63, 3.8) is 0 Å². The highest BCUT2D eigenvalue weighted by Gasteiger charge is 2.01. The standard InChI is InChI=1S/C21H28N4O2.HI/c1-3-23-21(25-14-18-6-4-5-16(2)13-18)24-12-11-17-7-9-19(10-8-17)27-15-20(22)26;/h4-10,13H,3,11-12,14-15H2,1-2H3,(H2,22,26)(H2,23,24,25);1H. The molecule has 4 N–H and O–H groups in total. The van der Waals surface area contributed by atoms with Crippen molar-refractivity contribution in [2.75, 3.05) is 19.7 Å². The van der Waals surface area contributed by atoms with E-state index < -0.39 is 5.91 Å². The van der Waals surface area contributed by atoms with Crippen molar-refractivity contribution < 1.29 is 9.53 Å². The van der Waals surface area contributed by atoms with E-state index in [1.54, 1.807) is 0 Å². The van der Waals surface area contributed by atoms with E-state index >= 15 is 0 Å². The molecule has 2 rings (SSSR count). The number of nitrogens with two attached hydrogens (primary N) is 1. The second-order valence-electron chi connectivity index (χ2n) is 6.26. The van der Waals surface area contributed by atoms with Crippen LogP contribution >= 0.6 is 24.0 Å². The average Bonchev–Trinajstić information content (AvgIpc) is 2.65. The van der Waals surface area contributed by atoms with Crippen LogP contribution in [0.4, 0.5) is 0 Å². The van der Waals surface area contributed by atoms with Gasteiger partial charge in [-0.05, 0) is 43.5 Å². The van der Waals surface area contributed by atoms with Crippen LogP contribution in [0.5, 0.6) is 5.75 Å². The predicted molar refractivity (Wildman–Crippen MR) is 124 cm³/mol. The first-order valence-corrected chi connectivity index (χ1v) is 9.14. The molecule has 6 nitrogen and oxygen atoms in total. The molecule has 0 unspecified atom stereocenters. The number of nitrogens with zero attached hydrogens (tertiary/aromatic N) is 1. The lowest BCUT2D eigenvalue weighted by molar-refractivity contribution is -0.119. The first-order chi connectivity index (χ1) is 13.1.